The molecule has 0 N–H and O–H groups in total. The molecule has 3 heteroatoms. The number of benzene rings is 1. The van der Waals surface area contributed by atoms with Crippen LogP contribution in [0.15, 0.2) is 24.3 Å². The first-order valence-electron chi connectivity index (χ1n) is 3.63. The Hall–Kier alpha value is -2.04. The van der Waals surface area contributed by atoms with Gasteiger partial charge in [-0.1, -0.05) is 12.1 Å². The zero-order valence-electron chi connectivity index (χ0n) is 7.11. The van der Waals surface area contributed by atoms with Gasteiger partial charge in [-0.2, -0.15) is 5.26 Å². The van der Waals surface area contributed by atoms with E-state index in [9.17, 15) is 0 Å². The smallest absolute Gasteiger partial charge is 0.119 e. The highest BCUT2D eigenvalue weighted by atomic mass is 16.5. The van der Waals surface area contributed by atoms with Gasteiger partial charge >= 0.3 is 0 Å². The van der Waals surface area contributed by atoms with Gasteiger partial charge in [0.05, 0.1) is 12.7 Å². The number of methoxy groups -OCH3 is 1. The van der Waals surface area contributed by atoms with E-state index in [-0.39, 0.29) is 5.57 Å². The molecule has 0 saturated heterocycles. The van der Waals surface area contributed by atoms with E-state index < -0.39 is 0 Å². The first-order valence-corrected chi connectivity index (χ1v) is 3.63. The maximum absolute atomic E-state index is 8.59. The minimum absolute atomic E-state index is 0.0962. The van der Waals surface area contributed by atoms with Gasteiger partial charge < -0.3 is 10.1 Å². The Balaban J connectivity index is 3.17. The predicted molar refractivity (Wildman–Crippen MR) is 50.4 cm³/mol. The van der Waals surface area contributed by atoms with Gasteiger partial charge in [-0.05, 0) is 12.1 Å². The lowest BCUT2D eigenvalue weighted by molar-refractivity contribution is 0.414. The summed E-state index contributed by atoms with van der Waals surface area (Å²) in [5.41, 5.74) is 0.684. The summed E-state index contributed by atoms with van der Waals surface area (Å²) in [4.78, 5) is 0. The molecule has 1 rings (SSSR count). The van der Waals surface area contributed by atoms with E-state index in [1.165, 1.54) is 7.11 Å². The molecule has 1 aromatic carbocycles. The van der Waals surface area contributed by atoms with Crippen LogP contribution in [-0.4, -0.2) is 13.0 Å². The van der Waals surface area contributed by atoms with Crippen LogP contribution in [0.5, 0.6) is 5.75 Å². The third kappa shape index (κ3) is 1.96. The monoisotopic (exact) mass is 171 g/mol. The van der Waals surface area contributed by atoms with Crippen molar-refractivity contribution in [2.24, 2.45) is 0 Å². The maximum atomic E-state index is 8.59. The molecule has 0 aliphatic heterocycles. The molecule has 0 saturated carbocycles. The first kappa shape index (κ1) is 9.05. The lowest BCUT2D eigenvalue weighted by atomic mass is 10.1. The number of rotatable bonds is 2. The normalized spacial score (nSPS) is 8.31. The minimum Gasteiger partial charge on any atom is -0.762 e. The van der Waals surface area contributed by atoms with Gasteiger partial charge in [-0.15, -0.1) is 0 Å². The summed E-state index contributed by atoms with van der Waals surface area (Å²) < 4.78 is 4.96. The fourth-order valence-corrected chi connectivity index (χ4v) is 0.933. The Kier molecular flexibility index (Phi) is 2.86. The zero-order chi connectivity index (χ0) is 9.68. The number of ether oxygens (including phenoxy) is 1. The van der Waals surface area contributed by atoms with Crippen molar-refractivity contribution >= 4 is 11.4 Å². The largest absolute Gasteiger partial charge is 0.762 e. The molecule has 0 radical (unpaired) electrons. The average molecular weight is 171 g/mol. The Labute approximate surface area is 76.4 Å². The van der Waals surface area contributed by atoms with E-state index in [4.69, 9.17) is 15.4 Å². The van der Waals surface area contributed by atoms with Crippen molar-refractivity contribution in [2.45, 2.75) is 0 Å². The first-order chi connectivity index (χ1) is 6.31. The predicted octanol–water partition coefficient (Wildman–Crippen LogP) is 1.84. The van der Waals surface area contributed by atoms with E-state index in [1.54, 1.807) is 24.3 Å². The van der Waals surface area contributed by atoms with Crippen LogP contribution in [-0.2, 0) is 0 Å². The van der Waals surface area contributed by atoms with Crippen LogP contribution in [0.2, 0.25) is 0 Å². The highest BCUT2D eigenvalue weighted by Crippen LogP contribution is 2.17. The maximum Gasteiger partial charge on any atom is 0.119 e. The molecule has 0 amide bonds. The summed E-state index contributed by atoms with van der Waals surface area (Å²) in [6.45, 7) is 0. The van der Waals surface area contributed by atoms with Crippen LogP contribution in [0.25, 0.3) is 11.0 Å². The average Bonchev–Trinajstić information content (AvgIpc) is 2.20. The Morgan fingerprint density at radius 3 is 2.85 bits per heavy atom. The summed E-state index contributed by atoms with van der Waals surface area (Å²) in [5.74, 6) is 2.46. The molecule has 0 fully saturated rings. The molecule has 1 aromatic rings. The van der Waals surface area contributed by atoms with E-state index >= 15 is 0 Å². The lowest BCUT2D eigenvalue weighted by Crippen LogP contribution is -1.85. The molecular weight excluding hydrogens is 164 g/mol. The highest BCUT2D eigenvalue weighted by molar-refractivity contribution is 5.98. The van der Waals surface area contributed by atoms with Crippen molar-refractivity contribution in [1.29, 1.82) is 5.26 Å². The molecule has 13 heavy (non-hydrogen) atoms. The van der Waals surface area contributed by atoms with Crippen molar-refractivity contribution in [3.05, 3.63) is 35.2 Å². The summed E-state index contributed by atoms with van der Waals surface area (Å²) in [7, 11) is 1.54. The molecule has 0 atom stereocenters. The van der Waals surface area contributed by atoms with Crippen molar-refractivity contribution in [1.82, 2.24) is 0 Å². The van der Waals surface area contributed by atoms with Crippen molar-refractivity contribution in [3.8, 4) is 11.8 Å². The minimum atomic E-state index is 0.0962. The fraction of sp³-hybridized carbons (Fsp3) is 0.100. The number of hydrogen-bond acceptors (Lipinski definition) is 2. The third-order valence-corrected chi connectivity index (χ3v) is 1.58. The molecule has 0 aromatic heterocycles. The SMILES string of the molecule is COc1cccc(C(=C=[N-])C#N)c1. The van der Waals surface area contributed by atoms with E-state index in [2.05, 4.69) is 0 Å². The number of allylic oxidation sites excluding steroid dienone is 1. The number of nitriles is 1. The van der Waals surface area contributed by atoms with E-state index in [0.717, 1.165) is 0 Å². The molecule has 0 unspecified atom stereocenters. The lowest BCUT2D eigenvalue weighted by Gasteiger charge is -2.01. The third-order valence-electron chi connectivity index (χ3n) is 1.58. The van der Waals surface area contributed by atoms with Crippen molar-refractivity contribution < 1.29 is 4.74 Å². The molecular formula is C10H7N2O-. The van der Waals surface area contributed by atoms with Gasteiger partial charge in [0.1, 0.15) is 11.8 Å². The van der Waals surface area contributed by atoms with Gasteiger partial charge in [0.25, 0.3) is 0 Å². The second kappa shape index (κ2) is 4.10. The second-order valence-corrected chi connectivity index (χ2v) is 2.33. The Bertz CT molecular complexity index is 398. The van der Waals surface area contributed by atoms with Gasteiger partial charge in [0.15, 0.2) is 0 Å². The quantitative estimate of drug-likeness (QED) is 0.503. The van der Waals surface area contributed by atoms with Crippen LogP contribution in [0.1, 0.15) is 5.56 Å². The summed E-state index contributed by atoms with van der Waals surface area (Å²) in [5, 5.41) is 17.2. The van der Waals surface area contributed by atoms with Crippen LogP contribution in [0.4, 0.5) is 0 Å². The standard InChI is InChI=1S/C10H7N2O/c1-13-10-4-2-3-8(5-10)9(6-11)7-12/h2-5H,1H3/q-1. The summed E-state index contributed by atoms with van der Waals surface area (Å²) in [6.07, 6.45) is 0. The molecule has 0 bridgehead atoms. The molecule has 0 heterocycles. The highest BCUT2D eigenvalue weighted by Gasteiger charge is 1.98. The topological polar surface area (TPSA) is 55.3 Å². The van der Waals surface area contributed by atoms with Crippen LogP contribution < -0.4 is 4.74 Å². The fourth-order valence-electron chi connectivity index (χ4n) is 0.933. The number of hydrogen-bond donors (Lipinski definition) is 0. The van der Waals surface area contributed by atoms with Gasteiger partial charge in [-0.3, -0.25) is 0 Å². The van der Waals surface area contributed by atoms with Gasteiger partial charge in [0, 0.05) is 5.56 Å². The Morgan fingerprint density at radius 2 is 2.31 bits per heavy atom. The summed E-state index contributed by atoms with van der Waals surface area (Å²) >= 11 is 0. The zero-order valence-corrected chi connectivity index (χ0v) is 7.11. The van der Waals surface area contributed by atoms with E-state index in [0.29, 0.717) is 11.3 Å². The molecule has 0 aliphatic carbocycles. The van der Waals surface area contributed by atoms with Gasteiger partial charge in [-0.25, -0.2) is 5.87 Å². The molecule has 0 spiro atoms. The number of nitrogens with zero attached hydrogens (tertiary/aromatic N) is 2. The molecule has 64 valence electrons. The van der Waals surface area contributed by atoms with Crippen molar-refractivity contribution in [3.63, 3.8) is 0 Å². The summed E-state index contributed by atoms with van der Waals surface area (Å²) in [6, 6.07) is 8.67. The molecule has 0 aliphatic rings. The van der Waals surface area contributed by atoms with Crippen LogP contribution >= 0.6 is 0 Å². The van der Waals surface area contributed by atoms with Crippen LogP contribution in [0, 0.1) is 11.3 Å². The van der Waals surface area contributed by atoms with Crippen molar-refractivity contribution in [2.75, 3.05) is 7.11 Å². The van der Waals surface area contributed by atoms with Crippen LogP contribution in [0.3, 0.4) is 0 Å². The second-order valence-electron chi connectivity index (χ2n) is 2.33. The van der Waals surface area contributed by atoms with E-state index in [1.807, 2.05) is 11.9 Å². The van der Waals surface area contributed by atoms with Gasteiger partial charge in [0.2, 0.25) is 0 Å². The molecule has 3 nitrogen and oxygen atoms in total. The Morgan fingerprint density at radius 1 is 1.54 bits per heavy atom.